The fourth-order valence-electron chi connectivity index (χ4n) is 7.32. The van der Waals surface area contributed by atoms with Gasteiger partial charge in [0.1, 0.15) is 12.3 Å². The van der Waals surface area contributed by atoms with E-state index < -0.39 is 40.8 Å². The number of ketones is 1. The number of rotatable bonds is 2. The summed E-state index contributed by atoms with van der Waals surface area (Å²) < 4.78 is 38.0. The minimum Gasteiger partial charge on any atom is -0.462 e. The summed E-state index contributed by atoms with van der Waals surface area (Å²) in [5.74, 6) is -1.66. The molecule has 4 aliphatic rings. The van der Waals surface area contributed by atoms with Crippen LogP contribution in [0, 0.1) is 28.6 Å². The molecule has 0 radical (unpaired) electrons. The third kappa shape index (κ3) is 2.50. The van der Waals surface area contributed by atoms with Crippen LogP contribution in [0.4, 0.5) is 8.78 Å². The molecule has 0 bridgehead atoms. The van der Waals surface area contributed by atoms with Crippen LogP contribution >= 0.6 is 0 Å². The molecule has 0 saturated heterocycles. The molecule has 0 aromatic carbocycles. The maximum Gasteiger partial charge on any atom is 0.302 e. The van der Waals surface area contributed by atoms with Gasteiger partial charge in [-0.2, -0.15) is 0 Å². The second-order valence-corrected chi connectivity index (χ2v) is 9.77. The summed E-state index contributed by atoms with van der Waals surface area (Å²) in [5, 5.41) is 11.2. The molecule has 0 aromatic heterocycles. The van der Waals surface area contributed by atoms with E-state index in [0.717, 1.165) is 0 Å². The first-order valence-electron chi connectivity index (χ1n) is 10.6. The Bertz CT molecular complexity index is 807. The van der Waals surface area contributed by atoms with Gasteiger partial charge in [-0.3, -0.25) is 9.59 Å². The average Bonchev–Trinajstić information content (AvgIpc) is 2.91. The lowest BCUT2D eigenvalue weighted by Gasteiger charge is -2.62. The number of carbonyl (C=O) groups excluding carboxylic acids is 2. The Morgan fingerprint density at radius 1 is 1.34 bits per heavy atom. The highest BCUT2D eigenvalue weighted by atomic mass is 19.1. The Morgan fingerprint density at radius 3 is 2.66 bits per heavy atom. The molecule has 3 saturated carbocycles. The number of carbonyl (C=O) groups is 2. The van der Waals surface area contributed by atoms with Crippen LogP contribution in [0.3, 0.4) is 0 Å². The standard InChI is InChI=1S/C23H30F2O4/c1-5-22-11-19(28)23(25)16(15(22)8-12(2)20(22)29-13(3)26)10-18(24)17-9-14(27)6-7-21(17,23)4/h6-7,9,12,15-16,18-20,28H,5,8,10-11H2,1-4H3/t12-,15-,16-,18-,19-,20+,21-,22-,23-/m0/s1. The van der Waals surface area contributed by atoms with Crippen molar-refractivity contribution in [2.45, 2.75) is 77.4 Å². The molecule has 4 rings (SSSR count). The predicted octanol–water partition coefficient (Wildman–Crippen LogP) is 3.87. The number of hydrogen-bond donors (Lipinski definition) is 1. The summed E-state index contributed by atoms with van der Waals surface area (Å²) in [7, 11) is 0. The van der Waals surface area contributed by atoms with E-state index in [0.29, 0.717) is 12.8 Å². The van der Waals surface area contributed by atoms with Gasteiger partial charge in [-0.1, -0.05) is 19.9 Å². The fourth-order valence-corrected chi connectivity index (χ4v) is 7.32. The van der Waals surface area contributed by atoms with E-state index in [1.165, 1.54) is 25.2 Å². The number of aliphatic hydroxyl groups excluding tert-OH is 1. The van der Waals surface area contributed by atoms with Crippen molar-refractivity contribution in [1.82, 2.24) is 0 Å². The normalized spacial score (nSPS) is 51.0. The Morgan fingerprint density at radius 2 is 2.03 bits per heavy atom. The van der Waals surface area contributed by atoms with Gasteiger partial charge in [-0.25, -0.2) is 8.78 Å². The maximum atomic E-state index is 17.0. The molecule has 6 heteroatoms. The summed E-state index contributed by atoms with van der Waals surface area (Å²) in [6, 6.07) is 0. The number of ether oxygens (including phenoxy) is 1. The lowest BCUT2D eigenvalue weighted by atomic mass is 9.45. The first kappa shape index (κ1) is 20.7. The molecule has 0 aliphatic heterocycles. The quantitative estimate of drug-likeness (QED) is 0.705. The van der Waals surface area contributed by atoms with Gasteiger partial charge in [-0.05, 0) is 62.2 Å². The zero-order chi connectivity index (χ0) is 21.4. The highest BCUT2D eigenvalue weighted by Crippen LogP contribution is 2.69. The van der Waals surface area contributed by atoms with Crippen molar-refractivity contribution in [2.24, 2.45) is 28.6 Å². The number of alkyl halides is 2. The third-order valence-corrected chi connectivity index (χ3v) is 8.56. The molecule has 1 N–H and O–H groups in total. The minimum atomic E-state index is -2.08. The van der Waals surface area contributed by atoms with Crippen molar-refractivity contribution in [2.75, 3.05) is 0 Å². The SMILES string of the molecule is CC[C@]12C[C@H](O)[C@@]3(F)[C@@H](C[C@H](F)C4=CC(=O)C=C[C@@]43C)[C@@H]1C[C@H](C)[C@H]2OC(C)=O. The molecule has 3 fully saturated rings. The Kier molecular flexibility index (Phi) is 4.62. The van der Waals surface area contributed by atoms with Crippen LogP contribution < -0.4 is 0 Å². The number of hydrogen-bond acceptors (Lipinski definition) is 4. The van der Waals surface area contributed by atoms with Crippen LogP contribution in [0.15, 0.2) is 23.8 Å². The van der Waals surface area contributed by atoms with Crippen LogP contribution in [-0.2, 0) is 14.3 Å². The summed E-state index contributed by atoms with van der Waals surface area (Å²) in [4.78, 5) is 23.6. The van der Waals surface area contributed by atoms with E-state index in [1.807, 2.05) is 13.8 Å². The van der Waals surface area contributed by atoms with Gasteiger partial charge in [0.15, 0.2) is 11.5 Å². The van der Waals surface area contributed by atoms with E-state index in [-0.39, 0.29) is 42.0 Å². The lowest BCUT2D eigenvalue weighted by Crippen LogP contribution is -2.68. The van der Waals surface area contributed by atoms with Gasteiger partial charge in [0.05, 0.1) is 6.10 Å². The summed E-state index contributed by atoms with van der Waals surface area (Å²) >= 11 is 0. The second-order valence-electron chi connectivity index (χ2n) is 9.77. The number of aliphatic hydroxyl groups is 1. The number of fused-ring (bicyclic) bond motifs is 5. The van der Waals surface area contributed by atoms with Crippen LogP contribution in [0.2, 0.25) is 0 Å². The van der Waals surface area contributed by atoms with Gasteiger partial charge in [-0.15, -0.1) is 0 Å². The van der Waals surface area contributed by atoms with Crippen LogP contribution in [0.25, 0.3) is 0 Å². The first-order valence-corrected chi connectivity index (χ1v) is 10.6. The molecular weight excluding hydrogens is 378 g/mol. The number of halogens is 2. The van der Waals surface area contributed by atoms with E-state index in [4.69, 9.17) is 4.74 Å². The molecular formula is C23H30F2O4. The van der Waals surface area contributed by atoms with Crippen molar-refractivity contribution in [3.05, 3.63) is 23.8 Å². The molecule has 0 unspecified atom stereocenters. The van der Waals surface area contributed by atoms with Crippen molar-refractivity contribution in [1.29, 1.82) is 0 Å². The maximum absolute atomic E-state index is 17.0. The summed E-state index contributed by atoms with van der Waals surface area (Å²) in [6.45, 7) is 6.92. The molecule has 9 atom stereocenters. The molecule has 0 spiro atoms. The molecule has 4 aliphatic carbocycles. The minimum absolute atomic E-state index is 0.00434. The van der Waals surface area contributed by atoms with Crippen LogP contribution in [0.1, 0.15) is 53.4 Å². The van der Waals surface area contributed by atoms with Crippen molar-refractivity contribution >= 4 is 11.8 Å². The zero-order valence-electron chi connectivity index (χ0n) is 17.5. The van der Waals surface area contributed by atoms with Crippen molar-refractivity contribution < 1.29 is 28.2 Å². The Hall–Kier alpha value is -1.56. The Labute approximate surface area is 170 Å². The molecule has 4 nitrogen and oxygen atoms in total. The van der Waals surface area contributed by atoms with Gasteiger partial charge in [0.25, 0.3) is 0 Å². The fraction of sp³-hybridized carbons (Fsp3) is 0.739. The van der Waals surface area contributed by atoms with Gasteiger partial charge >= 0.3 is 5.97 Å². The van der Waals surface area contributed by atoms with E-state index in [1.54, 1.807) is 6.92 Å². The average molecular weight is 408 g/mol. The second kappa shape index (κ2) is 6.47. The molecule has 29 heavy (non-hydrogen) atoms. The number of esters is 1. The molecule has 160 valence electrons. The smallest absolute Gasteiger partial charge is 0.302 e. The monoisotopic (exact) mass is 408 g/mol. The van der Waals surface area contributed by atoms with Gasteiger partial charge in [0, 0.05) is 23.7 Å². The third-order valence-electron chi connectivity index (χ3n) is 8.56. The molecule has 0 aromatic rings. The van der Waals surface area contributed by atoms with Crippen molar-refractivity contribution in [3.63, 3.8) is 0 Å². The van der Waals surface area contributed by atoms with Crippen LogP contribution in [0.5, 0.6) is 0 Å². The van der Waals surface area contributed by atoms with E-state index in [2.05, 4.69) is 0 Å². The zero-order valence-corrected chi connectivity index (χ0v) is 17.5. The van der Waals surface area contributed by atoms with Gasteiger partial charge < -0.3 is 9.84 Å². The highest BCUT2D eigenvalue weighted by Gasteiger charge is 2.73. The topological polar surface area (TPSA) is 63.6 Å². The Balaban J connectivity index is 1.84. The largest absolute Gasteiger partial charge is 0.462 e. The van der Waals surface area contributed by atoms with E-state index >= 15 is 8.78 Å². The summed E-state index contributed by atoms with van der Waals surface area (Å²) in [5.41, 5.74) is -3.89. The van der Waals surface area contributed by atoms with Gasteiger partial charge in [0.2, 0.25) is 0 Å². The lowest BCUT2D eigenvalue weighted by molar-refractivity contribution is -0.216. The van der Waals surface area contributed by atoms with Crippen LogP contribution in [-0.4, -0.2) is 40.9 Å². The number of allylic oxidation sites excluding steroid dienone is 4. The highest BCUT2D eigenvalue weighted by molar-refractivity contribution is 6.01. The molecule has 0 amide bonds. The van der Waals surface area contributed by atoms with Crippen molar-refractivity contribution in [3.8, 4) is 0 Å². The first-order chi connectivity index (χ1) is 13.5. The van der Waals surface area contributed by atoms with E-state index in [9.17, 15) is 14.7 Å². The predicted molar refractivity (Wildman–Crippen MR) is 103 cm³/mol. The summed E-state index contributed by atoms with van der Waals surface area (Å²) in [6.07, 6.45) is 2.08. The molecule has 0 heterocycles.